The molecule has 4 nitrogen and oxygen atoms in total. The Morgan fingerprint density at radius 2 is 2.00 bits per heavy atom. The van der Waals surface area contributed by atoms with Crippen LogP contribution in [0.2, 0.25) is 0 Å². The molecule has 1 atom stereocenters. The highest BCUT2D eigenvalue weighted by Crippen LogP contribution is 2.12. The molecule has 4 heteroatoms. The number of nitrogens with two attached hydrogens (primary N) is 1. The van der Waals surface area contributed by atoms with Gasteiger partial charge in [0, 0.05) is 26.2 Å². The van der Waals surface area contributed by atoms with Gasteiger partial charge in [-0.2, -0.15) is 0 Å². The number of hydrogen-bond donors (Lipinski definition) is 1. The van der Waals surface area contributed by atoms with E-state index in [1.807, 2.05) is 16.7 Å². The fourth-order valence-electron chi connectivity index (χ4n) is 2.08. The van der Waals surface area contributed by atoms with Crippen molar-refractivity contribution in [1.82, 2.24) is 9.80 Å². The second-order valence-corrected chi connectivity index (χ2v) is 4.71. The molecule has 2 N–H and O–H groups in total. The van der Waals surface area contributed by atoms with Gasteiger partial charge in [0.1, 0.15) is 0 Å². The Hall–Kier alpha value is -0.770. The molecular formula is C12H25N3O. The highest BCUT2D eigenvalue weighted by atomic mass is 16.2. The first-order chi connectivity index (χ1) is 7.69. The minimum absolute atomic E-state index is 0.197. The van der Waals surface area contributed by atoms with Gasteiger partial charge in [-0.3, -0.25) is 0 Å². The molecule has 1 aliphatic heterocycles. The number of hydrogen-bond acceptors (Lipinski definition) is 2. The van der Waals surface area contributed by atoms with Crippen molar-refractivity contribution in [2.75, 3.05) is 32.7 Å². The van der Waals surface area contributed by atoms with Crippen LogP contribution in [0.5, 0.6) is 0 Å². The molecule has 0 saturated carbocycles. The van der Waals surface area contributed by atoms with Gasteiger partial charge >= 0.3 is 6.03 Å². The largest absolute Gasteiger partial charge is 0.330 e. The van der Waals surface area contributed by atoms with E-state index in [-0.39, 0.29) is 6.03 Å². The normalized spacial score (nSPS) is 18.3. The van der Waals surface area contributed by atoms with E-state index >= 15 is 0 Å². The molecule has 16 heavy (non-hydrogen) atoms. The van der Waals surface area contributed by atoms with Crippen LogP contribution in [0, 0.1) is 5.92 Å². The van der Waals surface area contributed by atoms with Crippen LogP contribution >= 0.6 is 0 Å². The lowest BCUT2D eigenvalue weighted by Crippen LogP contribution is -2.47. The maximum atomic E-state index is 12.2. The summed E-state index contributed by atoms with van der Waals surface area (Å²) >= 11 is 0. The summed E-state index contributed by atoms with van der Waals surface area (Å²) in [6.07, 6.45) is 3.56. The Kier molecular flexibility index (Phi) is 5.60. The third-order valence-corrected chi connectivity index (χ3v) is 3.21. The van der Waals surface area contributed by atoms with Crippen molar-refractivity contribution in [2.24, 2.45) is 11.7 Å². The molecule has 0 bridgehead atoms. The van der Waals surface area contributed by atoms with E-state index < -0.39 is 0 Å². The number of carbonyl (C=O) groups is 1. The Bertz CT molecular complexity index is 214. The van der Waals surface area contributed by atoms with E-state index in [1.165, 1.54) is 6.42 Å². The van der Waals surface area contributed by atoms with E-state index in [4.69, 9.17) is 5.73 Å². The molecule has 0 radical (unpaired) electrons. The lowest BCUT2D eigenvalue weighted by molar-refractivity contribution is 0.140. The van der Waals surface area contributed by atoms with E-state index in [9.17, 15) is 4.79 Å². The number of urea groups is 1. The average molecular weight is 227 g/mol. The highest BCUT2D eigenvalue weighted by Gasteiger charge is 2.22. The summed E-state index contributed by atoms with van der Waals surface area (Å²) in [5.74, 6) is 0.383. The Morgan fingerprint density at radius 3 is 2.50 bits per heavy atom. The van der Waals surface area contributed by atoms with Gasteiger partial charge in [0.15, 0.2) is 0 Å². The summed E-state index contributed by atoms with van der Waals surface area (Å²) in [5, 5.41) is 0. The van der Waals surface area contributed by atoms with Gasteiger partial charge in [-0.1, -0.05) is 6.92 Å². The van der Waals surface area contributed by atoms with E-state index in [0.717, 1.165) is 39.0 Å². The maximum Gasteiger partial charge on any atom is 0.319 e. The molecule has 0 aromatic heterocycles. The van der Waals surface area contributed by atoms with Crippen LogP contribution in [0.25, 0.3) is 0 Å². The number of nitrogens with zero attached hydrogens (tertiary/aromatic N) is 2. The van der Waals surface area contributed by atoms with Gasteiger partial charge in [0.2, 0.25) is 0 Å². The molecule has 1 saturated heterocycles. The lowest BCUT2D eigenvalue weighted by Gasteiger charge is -2.33. The molecule has 1 fully saturated rings. The number of likely N-dealkylation sites (tertiary alicyclic amines) is 1. The first kappa shape index (κ1) is 13.3. The first-order valence-electron chi connectivity index (χ1n) is 6.43. The van der Waals surface area contributed by atoms with Crippen molar-refractivity contribution in [2.45, 2.75) is 33.1 Å². The van der Waals surface area contributed by atoms with Crippen LogP contribution in [0.4, 0.5) is 4.79 Å². The number of carbonyl (C=O) groups excluding carboxylic acids is 1. The zero-order chi connectivity index (χ0) is 12.0. The van der Waals surface area contributed by atoms with Crippen molar-refractivity contribution in [1.29, 1.82) is 0 Å². The molecule has 1 heterocycles. The Balaban J connectivity index is 2.47. The smallest absolute Gasteiger partial charge is 0.319 e. The van der Waals surface area contributed by atoms with Crippen molar-refractivity contribution in [3.8, 4) is 0 Å². The van der Waals surface area contributed by atoms with Crippen LogP contribution in [-0.4, -0.2) is 48.6 Å². The maximum absolute atomic E-state index is 12.2. The third kappa shape index (κ3) is 3.67. The molecule has 0 spiro atoms. The topological polar surface area (TPSA) is 49.6 Å². The standard InChI is InChI=1S/C12H25N3O/c1-3-14(10-11(2)9-13)12(16)15-7-5-4-6-8-15/h11H,3-10,13H2,1-2H3. The van der Waals surface area contributed by atoms with E-state index in [0.29, 0.717) is 12.5 Å². The van der Waals surface area contributed by atoms with Crippen LogP contribution in [0.15, 0.2) is 0 Å². The summed E-state index contributed by atoms with van der Waals surface area (Å²) in [4.78, 5) is 16.1. The van der Waals surface area contributed by atoms with Crippen LogP contribution < -0.4 is 5.73 Å². The monoisotopic (exact) mass is 227 g/mol. The predicted molar refractivity (Wildman–Crippen MR) is 66.3 cm³/mol. The molecule has 0 aromatic carbocycles. The second kappa shape index (κ2) is 6.74. The van der Waals surface area contributed by atoms with Gasteiger partial charge in [0.05, 0.1) is 0 Å². The fraction of sp³-hybridized carbons (Fsp3) is 0.917. The summed E-state index contributed by atoms with van der Waals surface area (Å²) < 4.78 is 0. The van der Waals surface area contributed by atoms with E-state index in [1.54, 1.807) is 0 Å². The first-order valence-corrected chi connectivity index (χ1v) is 6.43. The molecule has 0 aliphatic carbocycles. The second-order valence-electron chi connectivity index (χ2n) is 4.71. The van der Waals surface area contributed by atoms with Crippen LogP contribution in [0.1, 0.15) is 33.1 Å². The molecule has 1 rings (SSSR count). The fourth-order valence-corrected chi connectivity index (χ4v) is 2.08. The Labute approximate surface area is 98.8 Å². The van der Waals surface area contributed by atoms with Crippen molar-refractivity contribution in [3.05, 3.63) is 0 Å². The van der Waals surface area contributed by atoms with Crippen molar-refractivity contribution in [3.63, 3.8) is 0 Å². The Morgan fingerprint density at radius 1 is 1.38 bits per heavy atom. The predicted octanol–water partition coefficient (Wildman–Crippen LogP) is 1.51. The number of amides is 2. The molecular weight excluding hydrogens is 202 g/mol. The molecule has 2 amide bonds. The third-order valence-electron chi connectivity index (χ3n) is 3.21. The molecule has 1 unspecified atom stereocenters. The SMILES string of the molecule is CCN(CC(C)CN)C(=O)N1CCCCC1. The summed E-state index contributed by atoms with van der Waals surface area (Å²) in [7, 11) is 0. The lowest BCUT2D eigenvalue weighted by atomic mass is 10.1. The van der Waals surface area contributed by atoms with Gasteiger partial charge in [0.25, 0.3) is 0 Å². The summed E-state index contributed by atoms with van der Waals surface area (Å²) in [6, 6.07) is 0.197. The van der Waals surface area contributed by atoms with Crippen molar-refractivity contribution < 1.29 is 4.79 Å². The van der Waals surface area contributed by atoms with Gasteiger partial charge in [-0.25, -0.2) is 4.79 Å². The minimum atomic E-state index is 0.197. The summed E-state index contributed by atoms with van der Waals surface area (Å²) in [5.41, 5.74) is 5.60. The van der Waals surface area contributed by atoms with Crippen molar-refractivity contribution >= 4 is 6.03 Å². The molecule has 0 aromatic rings. The zero-order valence-corrected chi connectivity index (χ0v) is 10.6. The average Bonchev–Trinajstić information content (AvgIpc) is 2.35. The highest BCUT2D eigenvalue weighted by molar-refractivity contribution is 5.74. The number of rotatable bonds is 4. The zero-order valence-electron chi connectivity index (χ0n) is 10.6. The van der Waals surface area contributed by atoms with E-state index in [2.05, 4.69) is 6.92 Å². The van der Waals surface area contributed by atoms with Gasteiger partial charge in [-0.05, 0) is 38.6 Å². The number of piperidine rings is 1. The van der Waals surface area contributed by atoms with Gasteiger partial charge < -0.3 is 15.5 Å². The van der Waals surface area contributed by atoms with Crippen LogP contribution in [-0.2, 0) is 0 Å². The molecule has 94 valence electrons. The van der Waals surface area contributed by atoms with Crippen LogP contribution in [0.3, 0.4) is 0 Å². The minimum Gasteiger partial charge on any atom is -0.330 e. The summed E-state index contributed by atoms with van der Waals surface area (Å²) in [6.45, 7) is 8.17. The van der Waals surface area contributed by atoms with Gasteiger partial charge in [-0.15, -0.1) is 0 Å². The quantitative estimate of drug-likeness (QED) is 0.791. The molecule has 1 aliphatic rings.